The van der Waals surface area contributed by atoms with E-state index >= 15 is 0 Å². The predicted octanol–water partition coefficient (Wildman–Crippen LogP) is 3.79. The van der Waals surface area contributed by atoms with Crippen LogP contribution in [0.1, 0.15) is 29.9 Å². The van der Waals surface area contributed by atoms with Crippen molar-refractivity contribution in [2.24, 2.45) is 0 Å². The molecule has 1 aromatic carbocycles. The van der Waals surface area contributed by atoms with E-state index in [4.69, 9.17) is 9.47 Å². The lowest BCUT2D eigenvalue weighted by Gasteiger charge is -2.29. The zero-order chi connectivity index (χ0) is 27.7. The van der Waals surface area contributed by atoms with E-state index in [-0.39, 0.29) is 47.5 Å². The minimum absolute atomic E-state index is 0.0301. The SMILES string of the molecule is COCCc1nc(N[C@H](C)c2cccc(C(F)(F)F)c2F)c2cc(N3CCS(=O)(=O)CC3)c(OC)nc2n1. The molecule has 0 amide bonds. The van der Waals surface area contributed by atoms with Gasteiger partial charge >= 0.3 is 6.18 Å². The number of hydrogen-bond donors (Lipinski definition) is 1. The summed E-state index contributed by atoms with van der Waals surface area (Å²) in [5, 5.41) is 3.44. The van der Waals surface area contributed by atoms with Crippen molar-refractivity contribution < 1.29 is 35.5 Å². The Morgan fingerprint density at radius 2 is 1.84 bits per heavy atom. The number of anilines is 2. The van der Waals surface area contributed by atoms with Crippen LogP contribution < -0.4 is 15.0 Å². The molecule has 3 heterocycles. The lowest BCUT2D eigenvalue weighted by atomic mass is 10.0. The molecular formula is C24H27F4N5O4S. The molecule has 4 rings (SSSR count). The largest absolute Gasteiger partial charge is 0.479 e. The maximum Gasteiger partial charge on any atom is 0.419 e. The Hall–Kier alpha value is -3.26. The Bertz CT molecular complexity index is 1420. The molecule has 9 nitrogen and oxygen atoms in total. The van der Waals surface area contributed by atoms with E-state index in [2.05, 4.69) is 20.3 Å². The number of sulfone groups is 1. The second kappa shape index (κ2) is 10.8. The van der Waals surface area contributed by atoms with Gasteiger partial charge in [0.05, 0.1) is 42.2 Å². The molecule has 0 unspecified atom stereocenters. The number of pyridine rings is 1. The highest BCUT2D eigenvalue weighted by Crippen LogP contribution is 2.37. The first kappa shape index (κ1) is 27.8. The highest BCUT2D eigenvalue weighted by molar-refractivity contribution is 7.91. The minimum Gasteiger partial charge on any atom is -0.479 e. The number of benzene rings is 1. The number of rotatable bonds is 8. The van der Waals surface area contributed by atoms with E-state index in [1.165, 1.54) is 27.2 Å². The fraction of sp³-hybridized carbons (Fsp3) is 0.458. The quantitative estimate of drug-likeness (QED) is 0.414. The van der Waals surface area contributed by atoms with E-state index in [0.717, 1.165) is 6.07 Å². The van der Waals surface area contributed by atoms with Gasteiger partial charge < -0.3 is 19.7 Å². The number of nitrogens with one attached hydrogen (secondary N) is 1. The summed E-state index contributed by atoms with van der Waals surface area (Å²) in [6.45, 7) is 2.29. The standard InChI is InChI=1S/C24H27F4N5O4S/c1-14(15-5-4-6-17(20(15)25)24(26,27)28)29-21-16-13-18(33-8-11-38(34,35)12-9-33)23(37-3)32-22(16)31-19(30-21)7-10-36-2/h4-6,13-14H,7-12H2,1-3H3,(H,29,30,31,32)/t14-/m1/s1. The van der Waals surface area contributed by atoms with Crippen molar-refractivity contribution in [2.75, 3.05) is 55.6 Å². The van der Waals surface area contributed by atoms with Crippen molar-refractivity contribution >= 4 is 32.4 Å². The van der Waals surface area contributed by atoms with Crippen LogP contribution in [-0.2, 0) is 27.2 Å². The van der Waals surface area contributed by atoms with Gasteiger partial charge in [-0.3, -0.25) is 0 Å². The molecule has 1 aliphatic rings. The smallest absolute Gasteiger partial charge is 0.419 e. The third-order valence-electron chi connectivity index (χ3n) is 6.24. The average molecular weight is 558 g/mol. The van der Waals surface area contributed by atoms with Crippen LogP contribution in [0.15, 0.2) is 24.3 Å². The van der Waals surface area contributed by atoms with Crippen LogP contribution >= 0.6 is 0 Å². The Labute approximate surface area is 217 Å². The average Bonchev–Trinajstić information content (AvgIpc) is 2.86. The molecule has 0 spiro atoms. The van der Waals surface area contributed by atoms with Crippen molar-refractivity contribution in [3.05, 3.63) is 47.0 Å². The van der Waals surface area contributed by atoms with Crippen LogP contribution in [-0.4, -0.2) is 68.8 Å². The van der Waals surface area contributed by atoms with Crippen LogP contribution in [0, 0.1) is 5.82 Å². The number of methoxy groups -OCH3 is 2. The summed E-state index contributed by atoms with van der Waals surface area (Å²) >= 11 is 0. The summed E-state index contributed by atoms with van der Waals surface area (Å²) < 4.78 is 89.1. The first-order valence-corrected chi connectivity index (χ1v) is 13.6. The highest BCUT2D eigenvalue weighted by atomic mass is 32.2. The molecule has 1 aliphatic heterocycles. The zero-order valence-corrected chi connectivity index (χ0v) is 21.8. The summed E-state index contributed by atoms with van der Waals surface area (Å²) in [5.74, 6) is -0.615. The fourth-order valence-electron chi connectivity index (χ4n) is 4.20. The Morgan fingerprint density at radius 3 is 2.47 bits per heavy atom. The monoisotopic (exact) mass is 557 g/mol. The molecule has 1 saturated heterocycles. The van der Waals surface area contributed by atoms with E-state index in [0.29, 0.717) is 36.0 Å². The Morgan fingerprint density at radius 1 is 1.13 bits per heavy atom. The first-order valence-electron chi connectivity index (χ1n) is 11.8. The highest BCUT2D eigenvalue weighted by Gasteiger charge is 2.35. The van der Waals surface area contributed by atoms with Gasteiger partial charge in [0.1, 0.15) is 23.1 Å². The topological polar surface area (TPSA) is 107 Å². The maximum absolute atomic E-state index is 14.9. The number of nitrogens with zero attached hydrogens (tertiary/aromatic N) is 4. The minimum atomic E-state index is -4.84. The van der Waals surface area contributed by atoms with E-state index in [9.17, 15) is 26.0 Å². The molecule has 0 radical (unpaired) electrons. The summed E-state index contributed by atoms with van der Waals surface area (Å²) in [6.07, 6.45) is -4.52. The molecule has 38 heavy (non-hydrogen) atoms. The van der Waals surface area contributed by atoms with Gasteiger partial charge in [-0.15, -0.1) is 0 Å². The number of hydrogen-bond acceptors (Lipinski definition) is 9. The molecule has 0 saturated carbocycles. The Balaban J connectivity index is 1.79. The van der Waals surface area contributed by atoms with Crippen molar-refractivity contribution in [1.29, 1.82) is 0 Å². The Kier molecular flexibility index (Phi) is 7.93. The van der Waals surface area contributed by atoms with Crippen molar-refractivity contribution in [3.8, 4) is 5.88 Å². The number of fused-ring (bicyclic) bond motifs is 1. The van der Waals surface area contributed by atoms with Gasteiger partial charge in [-0.05, 0) is 19.1 Å². The van der Waals surface area contributed by atoms with Gasteiger partial charge in [-0.25, -0.2) is 22.8 Å². The predicted molar refractivity (Wildman–Crippen MR) is 134 cm³/mol. The van der Waals surface area contributed by atoms with Gasteiger partial charge in [0, 0.05) is 32.2 Å². The lowest BCUT2D eigenvalue weighted by molar-refractivity contribution is -0.140. The molecule has 2 aromatic heterocycles. The summed E-state index contributed by atoms with van der Waals surface area (Å²) in [6, 6.07) is 3.90. The van der Waals surface area contributed by atoms with Crippen LogP contribution in [0.25, 0.3) is 11.0 Å². The third kappa shape index (κ3) is 5.90. The molecule has 3 aromatic rings. The molecule has 206 valence electrons. The lowest BCUT2D eigenvalue weighted by Crippen LogP contribution is -2.40. The second-order valence-corrected chi connectivity index (χ2v) is 11.1. The first-order chi connectivity index (χ1) is 17.9. The van der Waals surface area contributed by atoms with Crippen LogP contribution in [0.5, 0.6) is 5.88 Å². The molecule has 14 heteroatoms. The van der Waals surface area contributed by atoms with Gasteiger partial charge in [0.2, 0.25) is 5.88 Å². The van der Waals surface area contributed by atoms with Gasteiger partial charge in [0.15, 0.2) is 15.5 Å². The van der Waals surface area contributed by atoms with Crippen LogP contribution in [0.3, 0.4) is 0 Å². The normalized spacial score (nSPS) is 16.4. The number of ether oxygens (including phenoxy) is 2. The molecule has 1 fully saturated rings. The number of aromatic nitrogens is 3. The summed E-state index contributed by atoms with van der Waals surface area (Å²) in [7, 11) is -0.188. The van der Waals surface area contributed by atoms with Gasteiger partial charge in [-0.1, -0.05) is 12.1 Å². The number of alkyl halides is 3. The maximum atomic E-state index is 14.9. The van der Waals surface area contributed by atoms with E-state index in [1.54, 1.807) is 6.07 Å². The zero-order valence-electron chi connectivity index (χ0n) is 21.0. The fourth-order valence-corrected chi connectivity index (χ4v) is 5.41. The molecule has 0 aliphatic carbocycles. The van der Waals surface area contributed by atoms with Crippen molar-refractivity contribution in [2.45, 2.75) is 25.6 Å². The molecule has 1 N–H and O–H groups in total. The van der Waals surface area contributed by atoms with Gasteiger partial charge in [0.25, 0.3) is 0 Å². The van der Waals surface area contributed by atoms with Gasteiger partial charge in [-0.2, -0.15) is 18.2 Å². The van der Waals surface area contributed by atoms with E-state index in [1.807, 2.05) is 4.90 Å². The van der Waals surface area contributed by atoms with Crippen LogP contribution in [0.4, 0.5) is 29.1 Å². The van der Waals surface area contributed by atoms with Crippen LogP contribution in [0.2, 0.25) is 0 Å². The molecule has 0 bridgehead atoms. The van der Waals surface area contributed by atoms with Crippen molar-refractivity contribution in [3.63, 3.8) is 0 Å². The second-order valence-electron chi connectivity index (χ2n) is 8.83. The third-order valence-corrected chi connectivity index (χ3v) is 7.85. The molecular weight excluding hydrogens is 530 g/mol. The van der Waals surface area contributed by atoms with Crippen molar-refractivity contribution in [1.82, 2.24) is 15.0 Å². The summed E-state index contributed by atoms with van der Waals surface area (Å²) in [4.78, 5) is 15.3. The van der Waals surface area contributed by atoms with E-state index < -0.39 is 33.4 Å². The molecule has 1 atom stereocenters. The summed E-state index contributed by atoms with van der Waals surface area (Å²) in [5.41, 5.74) is -0.779. The number of halogens is 4.